The number of carboxylic acid groups (broad SMARTS) is 1. The topological polar surface area (TPSA) is 264 Å². The predicted octanol–water partition coefficient (Wildman–Crippen LogP) is 21.3. The molecule has 9 aromatic rings. The number of ether oxygens (including phenoxy) is 2. The van der Waals surface area contributed by atoms with Gasteiger partial charge in [-0.05, 0) is 290 Å². The first-order valence-corrected chi connectivity index (χ1v) is 39.3. The summed E-state index contributed by atoms with van der Waals surface area (Å²) in [5, 5.41) is 37.0. The molecule has 0 spiro atoms. The number of Topliss-reactive ketones (excluding diaryl/α,β-unsaturated/α-hetero) is 2. The fraction of sp³-hybridized carbons (Fsp3) is 0.299. The van der Waals surface area contributed by atoms with Crippen LogP contribution in [0.25, 0.3) is 22.4 Å². The number of carbonyl (C=O) groups excluding carboxylic acids is 3. The van der Waals surface area contributed by atoms with Crippen LogP contribution in [0.5, 0.6) is 11.6 Å². The summed E-state index contributed by atoms with van der Waals surface area (Å²) < 4.78 is 31.4. The van der Waals surface area contributed by atoms with E-state index in [1.165, 1.54) is 7.14 Å². The number of nitriles is 1. The van der Waals surface area contributed by atoms with Gasteiger partial charge in [0.05, 0.1) is 53.9 Å². The van der Waals surface area contributed by atoms with E-state index < -0.39 is 15.2 Å². The van der Waals surface area contributed by atoms with E-state index in [4.69, 9.17) is 63.0 Å². The molecular weight excluding hydrogens is 1990 g/mol. The summed E-state index contributed by atoms with van der Waals surface area (Å²) in [5.41, 5.74) is 17.5. The molecule has 17 nitrogen and oxygen atoms in total. The molecule has 2 unspecified atom stereocenters. The van der Waals surface area contributed by atoms with E-state index >= 15 is 0 Å². The first kappa shape index (κ1) is 101. The number of hydrogen-bond donors (Lipinski definition) is 3. The highest BCUT2D eigenvalue weighted by molar-refractivity contribution is 14.1. The maximum Gasteiger partial charge on any atom is 0.323 e. The standard InChI is InChI=1S/C26H20IN3O2.C12H15IO2.C9H7IN2O.C8H6ClIO.C8H7IO2.C6H9NO.C4H9ClO.4CH4.Cl2OS/c27-20-10-6-18(7-11-20)15-23-26(32)30-16-24(19-8-12-21(31)13-9-19)28-22(25(30)29-23)14-17-4-2-1-3-5-17;1-3-15-9(2)12(14)8-10-4-6-11(13)7-5-10;10-8-3-1-7(2-4-8)5-9(13)6-12-11;9-8(11)5-6-1-3-7(10)4-2-6;9-7-3-1-6(2-4-7)5-8(10)11;7-4-3-6-2-1-5-8-6;1-4(2,3)6-5;;;;;1-4(2)3/h1-13,16,31-32H,14-15H2;4-7,9H,3,8H2,1-2H3;1-4,6H,5H2;1-4H,5H2;1-4H,5H2,(H,10,11);6H,1-3,5H2;1-3H3;4*1H4;. The Balaban J connectivity index is 0. The zero-order valence-corrected chi connectivity index (χ0v) is 69.6. The summed E-state index contributed by atoms with van der Waals surface area (Å²) in [6.45, 7) is 10.8. The zero-order chi connectivity index (χ0) is 74.2. The largest absolute Gasteiger partial charge is 0.508 e. The van der Waals surface area contributed by atoms with E-state index in [0.29, 0.717) is 55.7 Å². The van der Waals surface area contributed by atoms with Crippen molar-refractivity contribution in [1.82, 2.24) is 14.4 Å². The number of ketones is 2. The monoisotopic (exact) mass is 2080 g/mol. The first-order chi connectivity index (χ1) is 47.5. The minimum absolute atomic E-state index is 0. The van der Waals surface area contributed by atoms with Gasteiger partial charge in [-0.15, -0.1) is 0 Å². The lowest BCUT2D eigenvalue weighted by Gasteiger charge is -2.10. The van der Waals surface area contributed by atoms with Crippen molar-refractivity contribution in [2.24, 2.45) is 0 Å². The summed E-state index contributed by atoms with van der Waals surface area (Å²) in [6, 6.07) is 58.1. The molecule has 3 heterocycles. The maximum atomic E-state index is 11.7. The number of imidazole rings is 1. The number of nitrogens with zero attached hydrogens (tertiary/aromatic N) is 6. The van der Waals surface area contributed by atoms with Crippen molar-refractivity contribution < 1.29 is 57.3 Å². The third-order valence-corrected chi connectivity index (χ3v) is 17.3. The number of fused-ring (bicyclic) bond motifs is 1. The normalized spacial score (nSPS) is 11.5. The van der Waals surface area contributed by atoms with Crippen LogP contribution >= 0.6 is 158 Å². The van der Waals surface area contributed by atoms with E-state index in [2.05, 4.69) is 174 Å². The molecule has 10 rings (SSSR count). The Morgan fingerprint density at radius 2 is 1.10 bits per heavy atom. The number of carboxylic acids is 1. The van der Waals surface area contributed by atoms with Gasteiger partial charge in [0, 0.05) is 96.3 Å². The van der Waals surface area contributed by atoms with Crippen LogP contribution < -0.4 is 0 Å². The summed E-state index contributed by atoms with van der Waals surface area (Å²) in [5.74, 6) is -0.534. The van der Waals surface area contributed by atoms with Crippen molar-refractivity contribution in [3.05, 3.63) is 250 Å². The van der Waals surface area contributed by atoms with Gasteiger partial charge in [-0.25, -0.2) is 14.2 Å². The molecule has 104 heavy (non-hydrogen) atoms. The maximum absolute atomic E-state index is 11.7. The molecule has 27 heteroatoms. The van der Waals surface area contributed by atoms with Crippen LogP contribution in [0.3, 0.4) is 0 Å². The van der Waals surface area contributed by atoms with Gasteiger partial charge in [0.2, 0.25) is 26.1 Å². The van der Waals surface area contributed by atoms with E-state index in [1.807, 2.05) is 167 Å². The highest BCUT2D eigenvalue weighted by atomic mass is 127. The molecular formula is C77H89Cl4I5N6O11S. The number of hydrogen-bond acceptors (Lipinski definition) is 13. The Hall–Kier alpha value is -5.05. The smallest absolute Gasteiger partial charge is 0.323 e. The Bertz CT molecular complexity index is 4010. The molecule has 1 aliphatic rings. The molecule has 0 amide bonds. The van der Waals surface area contributed by atoms with Gasteiger partial charge >= 0.3 is 12.2 Å². The lowest BCUT2D eigenvalue weighted by molar-refractivity contribution is -0.136. The lowest BCUT2D eigenvalue weighted by Crippen LogP contribution is -2.22. The van der Waals surface area contributed by atoms with Crippen molar-refractivity contribution in [2.45, 2.75) is 140 Å². The van der Waals surface area contributed by atoms with Crippen LogP contribution in [0, 0.1) is 29.2 Å². The van der Waals surface area contributed by atoms with Gasteiger partial charge in [0.1, 0.15) is 17.5 Å². The molecule has 2 aromatic heterocycles. The van der Waals surface area contributed by atoms with Crippen molar-refractivity contribution in [3.8, 4) is 29.0 Å². The average Bonchev–Trinajstić information content (AvgIpc) is 1.61. The Labute approximate surface area is 702 Å². The number of rotatable bonds is 18. The van der Waals surface area contributed by atoms with Gasteiger partial charge < -0.3 is 30.3 Å². The van der Waals surface area contributed by atoms with Gasteiger partial charge in [0.15, 0.2) is 11.4 Å². The van der Waals surface area contributed by atoms with Crippen molar-refractivity contribution >= 4 is 202 Å². The third kappa shape index (κ3) is 44.3. The molecule has 0 radical (unpaired) electrons. The number of benzene rings is 7. The fourth-order valence-electron chi connectivity index (χ4n) is 8.39. The SMILES string of the molecule is C.C.C.C.CC(C)(C)OCl.CCOC(C)C(=O)Cc1ccc(I)cc1.N#CCC1CCCO1.O=C(Cl)Cc1ccc(I)cc1.O=C(O)Cc1ccc(I)cc1.O=S(Cl)Cl.Oc1ccc(-c2cn3c(O)c(Cc4ccc(I)cc4)nc3c(Cc3ccccc3)n2)cc1.[N-]=[N+]=CC(=O)Cc1ccc(I)cc1. The molecule has 1 fully saturated rings. The number of carbonyl (C=O) groups is 4. The Morgan fingerprint density at radius 1 is 0.683 bits per heavy atom. The van der Waals surface area contributed by atoms with E-state index in [9.17, 15) is 29.4 Å². The predicted molar refractivity (Wildman–Crippen MR) is 466 cm³/mol. The summed E-state index contributed by atoms with van der Waals surface area (Å²) in [7, 11) is 7.36. The molecule has 0 saturated carbocycles. The second-order valence-electron chi connectivity index (χ2n) is 22.3. The highest BCUT2D eigenvalue weighted by Crippen LogP contribution is 2.29. The van der Waals surface area contributed by atoms with Crippen LogP contribution in [0.1, 0.15) is 128 Å². The van der Waals surface area contributed by atoms with Crippen molar-refractivity contribution in [2.75, 3.05) is 13.2 Å². The summed E-state index contributed by atoms with van der Waals surface area (Å²) in [4.78, 5) is 55.7. The van der Waals surface area contributed by atoms with Crippen LogP contribution in [-0.2, 0) is 80.7 Å². The van der Waals surface area contributed by atoms with Gasteiger partial charge in [-0.3, -0.25) is 27.9 Å². The van der Waals surface area contributed by atoms with E-state index in [-0.39, 0.29) is 88.8 Å². The molecule has 562 valence electrons. The zero-order valence-electron chi connectivity index (χ0n) is 54.9. The van der Waals surface area contributed by atoms with Crippen molar-refractivity contribution in [1.29, 1.82) is 5.26 Å². The Morgan fingerprint density at radius 3 is 1.49 bits per heavy atom. The van der Waals surface area contributed by atoms with Gasteiger partial charge in [-0.1, -0.05) is 121 Å². The van der Waals surface area contributed by atoms with Gasteiger partial charge in [0.25, 0.3) is 0 Å². The van der Waals surface area contributed by atoms with E-state index in [1.54, 1.807) is 29.7 Å². The molecule has 0 bridgehead atoms. The number of phenols is 1. The number of halogens is 9. The summed E-state index contributed by atoms with van der Waals surface area (Å²) >= 11 is 21.3. The number of aromatic nitrogens is 3. The van der Waals surface area contributed by atoms with Crippen LogP contribution in [0.2, 0.25) is 0 Å². The molecule has 3 N–H and O–H groups in total. The van der Waals surface area contributed by atoms with Crippen LogP contribution in [0.15, 0.2) is 182 Å². The number of phenolic OH excluding ortho intramolecular Hbond substituents is 1. The first-order valence-electron chi connectivity index (χ1n) is 30.4. The Kier molecular flexibility index (Phi) is 54.6. The van der Waals surface area contributed by atoms with Crippen molar-refractivity contribution in [3.63, 3.8) is 0 Å². The highest BCUT2D eigenvalue weighted by Gasteiger charge is 2.19. The second kappa shape index (κ2) is 56.2. The molecule has 2 atom stereocenters. The summed E-state index contributed by atoms with van der Waals surface area (Å²) in [6.07, 6.45) is 7.73. The molecule has 1 aliphatic heterocycles. The third-order valence-electron chi connectivity index (χ3n) is 13.1. The average molecular weight is 2080 g/mol. The molecule has 7 aromatic carbocycles. The van der Waals surface area contributed by atoms with Crippen LogP contribution in [0.4, 0.5) is 0 Å². The fourth-order valence-corrected chi connectivity index (χ4v) is 10.3. The molecule has 0 aliphatic carbocycles. The quantitative estimate of drug-likeness (QED) is 0.0237. The minimum atomic E-state index is -1.67. The van der Waals surface area contributed by atoms with Gasteiger partial charge in [-0.2, -0.15) is 10.1 Å². The van der Waals surface area contributed by atoms with E-state index in [0.717, 1.165) is 81.0 Å². The minimum Gasteiger partial charge on any atom is -0.508 e. The lowest BCUT2D eigenvalue weighted by atomic mass is 10.1. The van der Waals surface area contributed by atoms with Crippen LogP contribution in [-0.4, -0.2) is 98.7 Å². The number of aromatic hydroxyl groups is 2. The molecule has 1 saturated heterocycles. The second-order valence-corrected chi connectivity index (χ2v) is 31.6. The number of aliphatic carboxylic acids is 1.